The highest BCUT2D eigenvalue weighted by atomic mass is 16.5. The highest BCUT2D eigenvalue weighted by Crippen LogP contribution is 2.07. The van der Waals surface area contributed by atoms with Crippen molar-refractivity contribution in [3.8, 4) is 6.07 Å². The van der Waals surface area contributed by atoms with E-state index in [4.69, 9.17) is 5.26 Å². The lowest BCUT2D eigenvalue weighted by molar-refractivity contribution is -0.148. The van der Waals surface area contributed by atoms with Crippen LogP contribution in [0, 0.1) is 11.3 Å². The summed E-state index contributed by atoms with van der Waals surface area (Å²) in [5, 5.41) is 11.3. The van der Waals surface area contributed by atoms with Gasteiger partial charge >= 0.3 is 5.97 Å². The lowest BCUT2D eigenvalue weighted by Crippen LogP contribution is -2.49. The molecular weight excluding hydrogens is 256 g/mol. The van der Waals surface area contributed by atoms with E-state index < -0.39 is 17.4 Å². The first-order chi connectivity index (χ1) is 9.39. The molecule has 0 fully saturated rings. The van der Waals surface area contributed by atoms with Crippen LogP contribution in [0.4, 0.5) is 0 Å². The number of hydrogen-bond donors (Lipinski definition) is 1. The molecule has 5 nitrogen and oxygen atoms in total. The molecule has 0 unspecified atom stereocenters. The number of methoxy groups -OCH3 is 1. The van der Waals surface area contributed by atoms with E-state index in [1.807, 2.05) is 6.07 Å². The highest BCUT2D eigenvalue weighted by Gasteiger charge is 2.29. The van der Waals surface area contributed by atoms with E-state index in [-0.39, 0.29) is 0 Å². The average molecular weight is 272 g/mol. The summed E-state index contributed by atoms with van der Waals surface area (Å²) < 4.78 is 4.60. The molecule has 0 atom stereocenters. The second kappa shape index (κ2) is 6.53. The number of ether oxygens (including phenoxy) is 1. The fourth-order valence-corrected chi connectivity index (χ4v) is 1.54. The highest BCUT2D eigenvalue weighted by molar-refractivity contribution is 5.95. The minimum atomic E-state index is -1.09. The summed E-state index contributed by atoms with van der Waals surface area (Å²) >= 11 is 0. The molecule has 0 bridgehead atoms. The van der Waals surface area contributed by atoms with Crippen LogP contribution < -0.4 is 5.32 Å². The van der Waals surface area contributed by atoms with Gasteiger partial charge in [0.25, 0.3) is 0 Å². The topological polar surface area (TPSA) is 79.2 Å². The van der Waals surface area contributed by atoms with Gasteiger partial charge in [-0.2, -0.15) is 5.26 Å². The standard InChI is InChI=1S/C15H16N2O3/c1-15(2,14(19)20-3)17-13(18)8-7-11-5-4-6-12(9-11)10-16/h4-9H,1-3H3,(H,17,18)/b8-7+. The Bertz CT molecular complexity index is 583. The summed E-state index contributed by atoms with van der Waals surface area (Å²) in [7, 11) is 1.26. The predicted molar refractivity (Wildman–Crippen MR) is 74.4 cm³/mol. The SMILES string of the molecule is COC(=O)C(C)(C)NC(=O)/C=C/c1cccc(C#N)c1. The largest absolute Gasteiger partial charge is 0.467 e. The Labute approximate surface area is 117 Å². The summed E-state index contributed by atoms with van der Waals surface area (Å²) in [6.07, 6.45) is 2.88. The third kappa shape index (κ3) is 4.25. The fraction of sp³-hybridized carbons (Fsp3) is 0.267. The fourth-order valence-electron chi connectivity index (χ4n) is 1.54. The molecule has 0 aliphatic heterocycles. The molecule has 0 saturated heterocycles. The maximum Gasteiger partial charge on any atom is 0.330 e. The van der Waals surface area contributed by atoms with Crippen molar-refractivity contribution in [3.05, 3.63) is 41.5 Å². The zero-order valence-electron chi connectivity index (χ0n) is 11.6. The number of esters is 1. The summed E-state index contributed by atoms with van der Waals surface area (Å²) in [6.45, 7) is 3.11. The first-order valence-corrected chi connectivity index (χ1v) is 5.98. The van der Waals surface area contributed by atoms with Crippen LogP contribution >= 0.6 is 0 Å². The summed E-state index contributed by atoms with van der Waals surface area (Å²) in [5.41, 5.74) is 0.155. The van der Waals surface area contributed by atoms with Crippen LogP contribution in [0.5, 0.6) is 0 Å². The molecule has 1 N–H and O–H groups in total. The number of carbonyl (C=O) groups is 2. The van der Waals surface area contributed by atoms with E-state index in [9.17, 15) is 9.59 Å². The number of hydrogen-bond acceptors (Lipinski definition) is 4. The Kier molecular flexibility index (Phi) is 5.04. The molecule has 0 radical (unpaired) electrons. The minimum absolute atomic E-state index is 0.414. The first kappa shape index (κ1) is 15.4. The molecule has 0 saturated carbocycles. The molecule has 1 rings (SSSR count). The molecule has 1 aromatic carbocycles. The second-order valence-electron chi connectivity index (χ2n) is 4.68. The van der Waals surface area contributed by atoms with Crippen LogP contribution in [0.1, 0.15) is 25.0 Å². The van der Waals surface area contributed by atoms with Crippen molar-refractivity contribution in [1.29, 1.82) is 5.26 Å². The maximum atomic E-state index is 11.7. The van der Waals surface area contributed by atoms with Gasteiger partial charge in [-0.05, 0) is 37.6 Å². The van der Waals surface area contributed by atoms with E-state index in [1.54, 1.807) is 44.2 Å². The van der Waals surface area contributed by atoms with E-state index >= 15 is 0 Å². The number of nitrogens with zero attached hydrogens (tertiary/aromatic N) is 1. The zero-order valence-corrected chi connectivity index (χ0v) is 11.6. The Balaban J connectivity index is 2.73. The third-order valence-corrected chi connectivity index (χ3v) is 2.57. The van der Waals surface area contributed by atoms with Crippen molar-refractivity contribution >= 4 is 18.0 Å². The van der Waals surface area contributed by atoms with Crippen molar-refractivity contribution in [2.24, 2.45) is 0 Å². The van der Waals surface area contributed by atoms with Gasteiger partial charge in [0.05, 0.1) is 18.7 Å². The van der Waals surface area contributed by atoms with Crippen LogP contribution in [-0.4, -0.2) is 24.5 Å². The average Bonchev–Trinajstić information content (AvgIpc) is 2.44. The lowest BCUT2D eigenvalue weighted by atomic mass is 10.1. The normalized spacial score (nSPS) is 10.9. The molecule has 1 aromatic rings. The predicted octanol–water partition coefficient (Wildman–Crippen LogP) is 1.64. The van der Waals surface area contributed by atoms with E-state index in [2.05, 4.69) is 10.1 Å². The van der Waals surface area contributed by atoms with Crippen molar-refractivity contribution in [1.82, 2.24) is 5.32 Å². The number of benzene rings is 1. The van der Waals surface area contributed by atoms with Gasteiger partial charge in [0.15, 0.2) is 0 Å². The Hall–Kier alpha value is -2.61. The Morgan fingerprint density at radius 1 is 1.40 bits per heavy atom. The zero-order chi connectivity index (χ0) is 15.2. The first-order valence-electron chi connectivity index (χ1n) is 5.98. The lowest BCUT2D eigenvalue weighted by Gasteiger charge is -2.22. The van der Waals surface area contributed by atoms with Crippen LogP contribution in [0.2, 0.25) is 0 Å². The minimum Gasteiger partial charge on any atom is -0.467 e. The van der Waals surface area contributed by atoms with Gasteiger partial charge in [0.1, 0.15) is 5.54 Å². The molecule has 1 amide bonds. The molecule has 0 aliphatic carbocycles. The van der Waals surface area contributed by atoms with E-state index in [1.165, 1.54) is 13.2 Å². The number of rotatable bonds is 4. The van der Waals surface area contributed by atoms with Gasteiger partial charge in [-0.25, -0.2) is 4.79 Å². The van der Waals surface area contributed by atoms with Crippen LogP contribution in [0.15, 0.2) is 30.3 Å². The molecule has 5 heteroatoms. The van der Waals surface area contributed by atoms with Gasteiger partial charge < -0.3 is 10.1 Å². The number of carbonyl (C=O) groups excluding carboxylic acids is 2. The number of amides is 1. The van der Waals surface area contributed by atoms with Crippen molar-refractivity contribution in [2.45, 2.75) is 19.4 Å². The molecular formula is C15H16N2O3. The van der Waals surface area contributed by atoms with Crippen LogP contribution in [-0.2, 0) is 14.3 Å². The Morgan fingerprint density at radius 3 is 2.70 bits per heavy atom. The maximum absolute atomic E-state index is 11.7. The van der Waals surface area contributed by atoms with Crippen molar-refractivity contribution in [3.63, 3.8) is 0 Å². The monoisotopic (exact) mass is 272 g/mol. The number of nitriles is 1. The second-order valence-corrected chi connectivity index (χ2v) is 4.68. The van der Waals surface area contributed by atoms with E-state index in [0.717, 1.165) is 5.56 Å². The van der Waals surface area contributed by atoms with Gasteiger partial charge in [-0.3, -0.25) is 4.79 Å². The number of nitrogens with one attached hydrogen (secondary N) is 1. The van der Waals surface area contributed by atoms with Gasteiger partial charge in [-0.1, -0.05) is 12.1 Å². The molecule has 0 aliphatic rings. The molecule has 0 spiro atoms. The smallest absolute Gasteiger partial charge is 0.330 e. The van der Waals surface area contributed by atoms with Gasteiger partial charge in [0, 0.05) is 6.08 Å². The Morgan fingerprint density at radius 2 is 2.10 bits per heavy atom. The molecule has 0 aromatic heterocycles. The van der Waals surface area contributed by atoms with Gasteiger partial charge in [0.2, 0.25) is 5.91 Å². The summed E-state index contributed by atoms with van der Waals surface area (Å²) in [4.78, 5) is 23.2. The molecule has 20 heavy (non-hydrogen) atoms. The van der Waals surface area contributed by atoms with E-state index in [0.29, 0.717) is 5.56 Å². The molecule has 0 heterocycles. The third-order valence-electron chi connectivity index (χ3n) is 2.57. The van der Waals surface area contributed by atoms with Crippen molar-refractivity contribution < 1.29 is 14.3 Å². The summed E-state index contributed by atoms with van der Waals surface area (Å²) in [5.74, 6) is -0.937. The van der Waals surface area contributed by atoms with Crippen LogP contribution in [0.25, 0.3) is 6.08 Å². The quantitative estimate of drug-likeness (QED) is 0.667. The molecule has 104 valence electrons. The van der Waals surface area contributed by atoms with Gasteiger partial charge in [-0.15, -0.1) is 0 Å². The summed E-state index contributed by atoms with van der Waals surface area (Å²) in [6, 6.07) is 8.86. The van der Waals surface area contributed by atoms with Crippen molar-refractivity contribution in [2.75, 3.05) is 7.11 Å². The van der Waals surface area contributed by atoms with Crippen LogP contribution in [0.3, 0.4) is 0 Å².